The average Bonchev–Trinajstić information content (AvgIpc) is 2.79. The summed E-state index contributed by atoms with van der Waals surface area (Å²) in [5.74, 6) is 1.05. The Labute approximate surface area is 133 Å². The first-order valence-corrected chi connectivity index (χ1v) is 7.97. The highest BCUT2D eigenvalue weighted by atomic mass is 16.2. The lowest BCUT2D eigenvalue weighted by molar-refractivity contribution is 0.667. The van der Waals surface area contributed by atoms with Crippen LogP contribution < -0.4 is 16.6 Å². The van der Waals surface area contributed by atoms with Crippen LogP contribution in [0.25, 0.3) is 11.2 Å². The number of hydrogen-bond acceptors (Lipinski definition) is 5. The molecule has 0 spiro atoms. The fourth-order valence-corrected chi connectivity index (χ4v) is 2.91. The lowest BCUT2D eigenvalue weighted by Crippen LogP contribution is -2.38. The molecule has 3 rings (SSSR count). The monoisotopic (exact) mass is 318 g/mol. The van der Waals surface area contributed by atoms with E-state index in [0.29, 0.717) is 24.3 Å². The molecule has 0 amide bonds. The van der Waals surface area contributed by atoms with E-state index in [-0.39, 0.29) is 11.2 Å². The molecule has 0 atom stereocenters. The predicted octanol–water partition coefficient (Wildman–Crippen LogP) is -0.00420. The van der Waals surface area contributed by atoms with Crippen LogP contribution in [-0.4, -0.2) is 37.6 Å². The zero-order chi connectivity index (χ0) is 16.4. The lowest BCUT2D eigenvalue weighted by atomic mass is 10.2. The van der Waals surface area contributed by atoms with Crippen molar-refractivity contribution in [3.8, 4) is 0 Å². The van der Waals surface area contributed by atoms with E-state index in [4.69, 9.17) is 0 Å². The van der Waals surface area contributed by atoms with Gasteiger partial charge in [-0.1, -0.05) is 6.42 Å². The molecule has 0 unspecified atom stereocenters. The largest absolute Gasteiger partial charge is 0.372 e. The van der Waals surface area contributed by atoms with Gasteiger partial charge in [0, 0.05) is 40.2 Å². The van der Waals surface area contributed by atoms with Gasteiger partial charge < -0.3 is 9.88 Å². The SMILES string of the molecule is Cn1c(=O)c2c(ncn2CCNC2=NCCCCC2)n(C)c1=O. The van der Waals surface area contributed by atoms with Gasteiger partial charge in [-0.3, -0.25) is 18.9 Å². The summed E-state index contributed by atoms with van der Waals surface area (Å²) in [7, 11) is 3.11. The van der Waals surface area contributed by atoms with Gasteiger partial charge in [0.1, 0.15) is 0 Å². The van der Waals surface area contributed by atoms with Crippen molar-refractivity contribution in [3.63, 3.8) is 0 Å². The Bertz CT molecular complexity index is 857. The van der Waals surface area contributed by atoms with Crippen molar-refractivity contribution >= 4 is 17.0 Å². The van der Waals surface area contributed by atoms with Gasteiger partial charge in [-0.25, -0.2) is 9.78 Å². The highest BCUT2D eigenvalue weighted by Crippen LogP contribution is 2.07. The molecule has 1 aliphatic rings. The van der Waals surface area contributed by atoms with Crippen molar-refractivity contribution in [3.05, 3.63) is 27.2 Å². The number of amidine groups is 1. The fraction of sp³-hybridized carbons (Fsp3) is 0.600. The first-order chi connectivity index (χ1) is 11.1. The Morgan fingerprint density at radius 2 is 2.00 bits per heavy atom. The normalized spacial score (nSPS) is 15.5. The zero-order valence-corrected chi connectivity index (χ0v) is 13.6. The molecular weight excluding hydrogens is 296 g/mol. The molecule has 8 heteroatoms. The maximum absolute atomic E-state index is 12.3. The van der Waals surface area contributed by atoms with E-state index in [1.54, 1.807) is 17.9 Å². The summed E-state index contributed by atoms with van der Waals surface area (Å²) >= 11 is 0. The average molecular weight is 318 g/mol. The summed E-state index contributed by atoms with van der Waals surface area (Å²) in [4.78, 5) is 33.0. The lowest BCUT2D eigenvalue weighted by Gasteiger charge is -2.10. The van der Waals surface area contributed by atoms with Crippen LogP contribution in [0.4, 0.5) is 0 Å². The number of hydrogen-bond donors (Lipinski definition) is 1. The van der Waals surface area contributed by atoms with Crippen molar-refractivity contribution in [2.75, 3.05) is 13.1 Å². The van der Waals surface area contributed by atoms with E-state index < -0.39 is 0 Å². The highest BCUT2D eigenvalue weighted by Gasteiger charge is 2.14. The molecule has 2 aromatic heterocycles. The maximum atomic E-state index is 12.3. The van der Waals surface area contributed by atoms with Crippen LogP contribution in [0.5, 0.6) is 0 Å². The molecule has 2 aromatic rings. The van der Waals surface area contributed by atoms with Crippen LogP contribution >= 0.6 is 0 Å². The second-order valence-corrected chi connectivity index (χ2v) is 5.88. The molecule has 0 saturated heterocycles. The molecule has 23 heavy (non-hydrogen) atoms. The third-order valence-electron chi connectivity index (χ3n) is 4.27. The van der Waals surface area contributed by atoms with Crippen LogP contribution in [0.2, 0.25) is 0 Å². The minimum atomic E-state index is -0.362. The van der Waals surface area contributed by atoms with Crippen molar-refractivity contribution in [2.45, 2.75) is 32.2 Å². The summed E-state index contributed by atoms with van der Waals surface area (Å²) in [6, 6.07) is 0. The molecule has 1 N–H and O–H groups in total. The van der Waals surface area contributed by atoms with Gasteiger partial charge in [-0.2, -0.15) is 0 Å². The van der Waals surface area contributed by atoms with Crippen LogP contribution in [0.3, 0.4) is 0 Å². The Hall–Kier alpha value is -2.38. The highest BCUT2D eigenvalue weighted by molar-refractivity contribution is 5.82. The van der Waals surface area contributed by atoms with E-state index in [1.165, 1.54) is 24.5 Å². The minimum absolute atomic E-state index is 0.313. The smallest absolute Gasteiger partial charge is 0.332 e. The summed E-state index contributed by atoms with van der Waals surface area (Å²) in [5.41, 5.74) is 0.204. The van der Waals surface area contributed by atoms with Crippen LogP contribution in [0, 0.1) is 0 Å². The molecule has 1 aliphatic heterocycles. The molecule has 0 aromatic carbocycles. The van der Waals surface area contributed by atoms with Gasteiger partial charge in [-0.05, 0) is 12.8 Å². The second-order valence-electron chi connectivity index (χ2n) is 5.88. The van der Waals surface area contributed by atoms with E-state index in [9.17, 15) is 9.59 Å². The van der Waals surface area contributed by atoms with Crippen molar-refractivity contribution < 1.29 is 0 Å². The number of fused-ring (bicyclic) bond motifs is 1. The molecule has 8 nitrogen and oxygen atoms in total. The predicted molar refractivity (Wildman–Crippen MR) is 89.0 cm³/mol. The number of aryl methyl sites for hydroxylation is 1. The molecule has 0 bridgehead atoms. The third kappa shape index (κ3) is 2.93. The number of aromatic nitrogens is 4. The van der Waals surface area contributed by atoms with Crippen molar-refractivity contribution in [1.29, 1.82) is 0 Å². The summed E-state index contributed by atoms with van der Waals surface area (Å²) < 4.78 is 4.31. The Kier molecular flexibility index (Phi) is 4.31. The van der Waals surface area contributed by atoms with Gasteiger partial charge in [0.25, 0.3) is 5.56 Å². The number of nitrogens with zero attached hydrogens (tertiary/aromatic N) is 5. The van der Waals surface area contributed by atoms with Crippen LogP contribution in [0.1, 0.15) is 25.7 Å². The van der Waals surface area contributed by atoms with Gasteiger partial charge in [0.15, 0.2) is 11.2 Å². The summed E-state index contributed by atoms with van der Waals surface area (Å²) in [6.07, 6.45) is 6.15. The standard InChI is InChI=1S/C15H22N6O2/c1-19-13-12(14(22)20(2)15(19)23)21(10-18-13)9-8-17-11-6-4-3-5-7-16-11/h10H,3-9H2,1-2H3,(H,16,17). The Morgan fingerprint density at radius 1 is 1.17 bits per heavy atom. The number of imidazole rings is 1. The van der Waals surface area contributed by atoms with Crippen molar-refractivity contribution in [1.82, 2.24) is 24.0 Å². The van der Waals surface area contributed by atoms with Gasteiger partial charge in [-0.15, -0.1) is 0 Å². The molecule has 0 saturated carbocycles. The van der Waals surface area contributed by atoms with E-state index in [1.807, 2.05) is 0 Å². The minimum Gasteiger partial charge on any atom is -0.372 e. The molecule has 0 fully saturated rings. The molecular formula is C15H22N6O2. The Balaban J connectivity index is 1.80. The van der Waals surface area contributed by atoms with Crippen LogP contribution in [0.15, 0.2) is 20.9 Å². The fourth-order valence-electron chi connectivity index (χ4n) is 2.91. The molecule has 124 valence electrons. The Morgan fingerprint density at radius 3 is 2.83 bits per heavy atom. The topological polar surface area (TPSA) is 86.2 Å². The summed E-state index contributed by atoms with van der Waals surface area (Å²) in [6.45, 7) is 2.16. The first kappa shape index (κ1) is 15.5. The van der Waals surface area contributed by atoms with Gasteiger partial charge in [0.2, 0.25) is 0 Å². The number of aliphatic imine (C=N–C) groups is 1. The quantitative estimate of drug-likeness (QED) is 0.863. The van der Waals surface area contributed by atoms with E-state index in [2.05, 4.69) is 15.3 Å². The molecule has 3 heterocycles. The molecule has 0 aliphatic carbocycles. The maximum Gasteiger partial charge on any atom is 0.332 e. The third-order valence-corrected chi connectivity index (χ3v) is 4.27. The van der Waals surface area contributed by atoms with E-state index >= 15 is 0 Å². The molecule has 0 radical (unpaired) electrons. The van der Waals surface area contributed by atoms with Gasteiger partial charge in [0.05, 0.1) is 12.2 Å². The zero-order valence-electron chi connectivity index (χ0n) is 13.6. The van der Waals surface area contributed by atoms with Gasteiger partial charge >= 0.3 is 5.69 Å². The second kappa shape index (κ2) is 6.39. The summed E-state index contributed by atoms with van der Waals surface area (Å²) in [5, 5.41) is 3.35. The first-order valence-electron chi connectivity index (χ1n) is 7.97. The number of nitrogens with one attached hydrogen (secondary N) is 1. The van der Waals surface area contributed by atoms with E-state index in [0.717, 1.165) is 29.8 Å². The number of rotatable bonds is 3. The van der Waals surface area contributed by atoms with Crippen molar-refractivity contribution in [2.24, 2.45) is 19.1 Å². The van der Waals surface area contributed by atoms with Crippen LogP contribution in [-0.2, 0) is 20.6 Å².